The Hall–Kier alpha value is -1.63. The second-order valence-corrected chi connectivity index (χ2v) is 2.65. The van der Waals surface area contributed by atoms with Crippen molar-refractivity contribution in [3.8, 4) is 0 Å². The van der Waals surface area contributed by atoms with E-state index in [1.807, 2.05) is 30.4 Å². The zero-order chi connectivity index (χ0) is 10.6. The highest BCUT2D eigenvalue weighted by Crippen LogP contribution is 1.91. The zero-order valence-electron chi connectivity index (χ0n) is 8.36. The topological polar surface area (TPSA) is 17.1 Å². The van der Waals surface area contributed by atoms with Gasteiger partial charge in [0, 0.05) is 6.42 Å². The van der Waals surface area contributed by atoms with Crippen molar-refractivity contribution in [2.45, 2.75) is 12.8 Å². The van der Waals surface area contributed by atoms with Crippen LogP contribution in [0.15, 0.2) is 61.8 Å². The summed E-state index contributed by atoms with van der Waals surface area (Å²) in [6, 6.07) is 0. The summed E-state index contributed by atoms with van der Waals surface area (Å²) in [7, 11) is 0. The molecule has 0 fully saturated rings. The molecule has 0 aliphatic carbocycles. The van der Waals surface area contributed by atoms with Gasteiger partial charge in [0.05, 0.1) is 0 Å². The first-order valence-corrected chi connectivity index (χ1v) is 4.55. The molecule has 0 spiro atoms. The molecule has 0 rings (SSSR count). The Morgan fingerprint density at radius 1 is 1.07 bits per heavy atom. The Morgan fingerprint density at radius 3 is 2.50 bits per heavy atom. The van der Waals surface area contributed by atoms with Gasteiger partial charge in [-0.1, -0.05) is 49.1 Å². The first-order valence-electron chi connectivity index (χ1n) is 4.55. The van der Waals surface area contributed by atoms with Crippen molar-refractivity contribution in [3.63, 3.8) is 0 Å². The SMILES string of the molecule is C=CC=CC=CCC(=O)C=CCC=C. The largest absolute Gasteiger partial charge is 0.295 e. The molecular formula is C13H16O. The molecule has 1 heteroatoms. The molecule has 0 aromatic rings. The fourth-order valence-electron chi connectivity index (χ4n) is 0.769. The van der Waals surface area contributed by atoms with Crippen LogP contribution in [0.2, 0.25) is 0 Å². The summed E-state index contributed by atoms with van der Waals surface area (Å²) in [5.74, 6) is 0.107. The normalized spacial score (nSPS) is 11.4. The second-order valence-electron chi connectivity index (χ2n) is 2.65. The smallest absolute Gasteiger partial charge is 0.159 e. The number of allylic oxidation sites excluding steroid dienone is 8. The van der Waals surface area contributed by atoms with Gasteiger partial charge in [0.2, 0.25) is 0 Å². The number of ketones is 1. The van der Waals surface area contributed by atoms with Crippen LogP contribution >= 0.6 is 0 Å². The minimum absolute atomic E-state index is 0.107. The molecule has 0 aromatic heterocycles. The number of rotatable bonds is 7. The highest BCUT2D eigenvalue weighted by atomic mass is 16.1. The van der Waals surface area contributed by atoms with Gasteiger partial charge in [-0.25, -0.2) is 0 Å². The Morgan fingerprint density at radius 2 is 1.86 bits per heavy atom. The van der Waals surface area contributed by atoms with Crippen molar-refractivity contribution >= 4 is 5.78 Å². The fourth-order valence-corrected chi connectivity index (χ4v) is 0.769. The van der Waals surface area contributed by atoms with E-state index >= 15 is 0 Å². The average molecular weight is 188 g/mol. The Kier molecular flexibility index (Phi) is 8.36. The highest BCUT2D eigenvalue weighted by molar-refractivity contribution is 5.90. The number of carbonyl (C=O) groups excluding carboxylic acids is 1. The molecule has 0 N–H and O–H groups in total. The van der Waals surface area contributed by atoms with Crippen LogP contribution in [0.3, 0.4) is 0 Å². The summed E-state index contributed by atoms with van der Waals surface area (Å²) in [5.41, 5.74) is 0. The summed E-state index contributed by atoms with van der Waals surface area (Å²) in [6.45, 7) is 7.09. The van der Waals surface area contributed by atoms with Crippen molar-refractivity contribution in [1.29, 1.82) is 0 Å². The fraction of sp³-hybridized carbons (Fsp3) is 0.154. The Labute approximate surface area is 85.8 Å². The van der Waals surface area contributed by atoms with Crippen molar-refractivity contribution < 1.29 is 4.79 Å². The molecule has 74 valence electrons. The molecule has 0 bridgehead atoms. The van der Waals surface area contributed by atoms with Crippen LogP contribution < -0.4 is 0 Å². The quantitative estimate of drug-likeness (QED) is 0.340. The lowest BCUT2D eigenvalue weighted by Crippen LogP contribution is -1.87. The van der Waals surface area contributed by atoms with E-state index in [0.29, 0.717) is 6.42 Å². The molecule has 0 aromatic carbocycles. The van der Waals surface area contributed by atoms with E-state index in [9.17, 15) is 4.79 Å². The molecule has 0 heterocycles. The molecule has 0 aliphatic heterocycles. The third-order valence-corrected chi connectivity index (χ3v) is 1.42. The lowest BCUT2D eigenvalue weighted by atomic mass is 10.2. The lowest BCUT2D eigenvalue weighted by molar-refractivity contribution is -0.113. The van der Waals surface area contributed by atoms with Crippen molar-refractivity contribution in [2.75, 3.05) is 0 Å². The van der Waals surface area contributed by atoms with Crippen LogP contribution in [0.1, 0.15) is 12.8 Å². The summed E-state index contributed by atoms with van der Waals surface area (Å²) in [4.78, 5) is 11.1. The van der Waals surface area contributed by atoms with E-state index < -0.39 is 0 Å². The summed E-state index contributed by atoms with van der Waals surface area (Å²) < 4.78 is 0. The third kappa shape index (κ3) is 8.47. The van der Waals surface area contributed by atoms with Gasteiger partial charge in [0.25, 0.3) is 0 Å². The molecule has 0 saturated carbocycles. The zero-order valence-corrected chi connectivity index (χ0v) is 8.36. The maximum absolute atomic E-state index is 11.1. The van der Waals surface area contributed by atoms with Gasteiger partial charge in [-0.2, -0.15) is 0 Å². The van der Waals surface area contributed by atoms with Gasteiger partial charge < -0.3 is 0 Å². The number of hydrogen-bond donors (Lipinski definition) is 0. The standard InChI is InChI=1S/C13H16O/c1-3-5-7-8-10-12-13(14)11-9-6-4-2/h3-5,7-11H,1-2,6,12H2. The van der Waals surface area contributed by atoms with Gasteiger partial charge in [-0.05, 0) is 12.5 Å². The van der Waals surface area contributed by atoms with Gasteiger partial charge in [0.15, 0.2) is 5.78 Å². The highest BCUT2D eigenvalue weighted by Gasteiger charge is 1.89. The second kappa shape index (κ2) is 9.46. The Balaban J connectivity index is 3.73. The van der Waals surface area contributed by atoms with E-state index in [-0.39, 0.29) is 5.78 Å². The minimum Gasteiger partial charge on any atom is -0.295 e. The maximum atomic E-state index is 11.1. The van der Waals surface area contributed by atoms with E-state index in [4.69, 9.17) is 0 Å². The molecule has 0 amide bonds. The van der Waals surface area contributed by atoms with Crippen molar-refractivity contribution in [1.82, 2.24) is 0 Å². The first-order chi connectivity index (χ1) is 6.81. The van der Waals surface area contributed by atoms with E-state index in [1.165, 1.54) is 0 Å². The van der Waals surface area contributed by atoms with Crippen LogP contribution in [-0.4, -0.2) is 5.78 Å². The van der Waals surface area contributed by atoms with Gasteiger partial charge in [-0.15, -0.1) is 6.58 Å². The van der Waals surface area contributed by atoms with Crippen LogP contribution in [-0.2, 0) is 4.79 Å². The third-order valence-electron chi connectivity index (χ3n) is 1.42. The van der Waals surface area contributed by atoms with Crippen molar-refractivity contribution in [2.24, 2.45) is 0 Å². The van der Waals surface area contributed by atoms with Gasteiger partial charge in [-0.3, -0.25) is 4.79 Å². The first kappa shape index (κ1) is 12.4. The maximum Gasteiger partial charge on any atom is 0.159 e. The molecular weight excluding hydrogens is 172 g/mol. The summed E-state index contributed by atoms with van der Waals surface area (Å²) in [5, 5.41) is 0. The summed E-state index contributed by atoms with van der Waals surface area (Å²) >= 11 is 0. The van der Waals surface area contributed by atoms with E-state index in [2.05, 4.69) is 13.2 Å². The van der Waals surface area contributed by atoms with Crippen LogP contribution in [0.5, 0.6) is 0 Å². The number of hydrogen-bond acceptors (Lipinski definition) is 1. The minimum atomic E-state index is 0.107. The number of carbonyl (C=O) groups is 1. The Bertz CT molecular complexity index is 267. The van der Waals surface area contributed by atoms with Crippen LogP contribution in [0.4, 0.5) is 0 Å². The van der Waals surface area contributed by atoms with Crippen molar-refractivity contribution in [3.05, 3.63) is 61.8 Å². The van der Waals surface area contributed by atoms with Crippen LogP contribution in [0, 0.1) is 0 Å². The van der Waals surface area contributed by atoms with E-state index in [0.717, 1.165) is 6.42 Å². The lowest BCUT2D eigenvalue weighted by Gasteiger charge is -1.85. The van der Waals surface area contributed by atoms with Gasteiger partial charge >= 0.3 is 0 Å². The molecule has 1 nitrogen and oxygen atoms in total. The van der Waals surface area contributed by atoms with Crippen LogP contribution in [0.25, 0.3) is 0 Å². The molecule has 0 saturated heterocycles. The summed E-state index contributed by atoms with van der Waals surface area (Å²) in [6.07, 6.45) is 15.3. The molecule has 14 heavy (non-hydrogen) atoms. The van der Waals surface area contributed by atoms with E-state index in [1.54, 1.807) is 18.2 Å². The predicted molar refractivity (Wildman–Crippen MR) is 62.1 cm³/mol. The molecule has 0 atom stereocenters. The average Bonchev–Trinajstić information content (AvgIpc) is 2.18. The monoisotopic (exact) mass is 188 g/mol. The molecule has 0 radical (unpaired) electrons. The molecule has 0 aliphatic rings. The van der Waals surface area contributed by atoms with Gasteiger partial charge in [0.1, 0.15) is 0 Å². The molecule has 0 unspecified atom stereocenters. The predicted octanol–water partition coefficient (Wildman–Crippen LogP) is 3.38.